The van der Waals surface area contributed by atoms with Gasteiger partial charge in [-0.15, -0.1) is 0 Å². The van der Waals surface area contributed by atoms with Crippen LogP contribution >= 0.6 is 0 Å². The average Bonchev–Trinajstić information content (AvgIpc) is 3.24. The molecule has 0 unspecified atom stereocenters. The fraction of sp³-hybridized carbons (Fsp3) is 0.519. The summed E-state index contributed by atoms with van der Waals surface area (Å²) in [6.07, 6.45) is 7.15. The first-order valence-corrected chi connectivity index (χ1v) is 14.0. The number of fused-ring (bicyclic) bond motifs is 1. The molecule has 0 saturated carbocycles. The Morgan fingerprint density at radius 2 is 1.85 bits per heavy atom. The number of aryl methyl sites for hydroxylation is 1. The number of nitrogens with zero attached hydrogens (tertiary/aromatic N) is 3. The first kappa shape index (κ1) is 24.7. The van der Waals surface area contributed by atoms with Crippen molar-refractivity contribution in [3.8, 4) is 0 Å². The normalized spacial score (nSPS) is 15.3. The van der Waals surface area contributed by atoms with Crippen LogP contribution < -0.4 is 4.31 Å². The number of hydrogen-bond acceptors (Lipinski definition) is 4. The predicted octanol–water partition coefficient (Wildman–Crippen LogP) is 5.66. The van der Waals surface area contributed by atoms with E-state index in [4.69, 9.17) is 4.74 Å². The fourth-order valence-corrected chi connectivity index (χ4v) is 6.22. The van der Waals surface area contributed by atoms with Crippen molar-refractivity contribution in [1.29, 1.82) is 0 Å². The molecule has 0 bridgehead atoms. The van der Waals surface area contributed by atoms with Crippen molar-refractivity contribution >= 4 is 26.6 Å². The molecule has 1 aromatic heterocycles. The van der Waals surface area contributed by atoms with Gasteiger partial charge >= 0.3 is 0 Å². The highest BCUT2D eigenvalue weighted by atomic mass is 32.2. The lowest BCUT2D eigenvalue weighted by Gasteiger charge is -2.26. The van der Waals surface area contributed by atoms with Crippen molar-refractivity contribution in [3.63, 3.8) is 0 Å². The van der Waals surface area contributed by atoms with E-state index < -0.39 is 10.0 Å². The summed E-state index contributed by atoms with van der Waals surface area (Å²) in [4.78, 5) is 0.307. The zero-order valence-electron chi connectivity index (χ0n) is 20.6. The van der Waals surface area contributed by atoms with Gasteiger partial charge in [-0.1, -0.05) is 39.3 Å². The Hall–Kier alpha value is -2.38. The number of ether oxygens (including phenoxy) is 1. The van der Waals surface area contributed by atoms with Crippen LogP contribution in [-0.2, 0) is 27.7 Å². The molecular formula is C27H37N3O3S. The van der Waals surface area contributed by atoms with Crippen LogP contribution in [0.3, 0.4) is 0 Å². The minimum atomic E-state index is -3.71. The largest absolute Gasteiger partial charge is 0.381 e. The van der Waals surface area contributed by atoms with Gasteiger partial charge in [-0.05, 0) is 73.4 Å². The Labute approximate surface area is 204 Å². The van der Waals surface area contributed by atoms with Crippen LogP contribution in [-0.4, -0.2) is 38.0 Å². The highest BCUT2D eigenvalue weighted by Crippen LogP contribution is 2.28. The van der Waals surface area contributed by atoms with E-state index in [2.05, 4.69) is 24.2 Å². The zero-order valence-corrected chi connectivity index (χ0v) is 21.4. The van der Waals surface area contributed by atoms with Gasteiger partial charge in [0.1, 0.15) is 0 Å². The fourth-order valence-electron chi connectivity index (χ4n) is 4.56. The van der Waals surface area contributed by atoms with E-state index in [9.17, 15) is 8.42 Å². The second-order valence-electron chi connectivity index (χ2n) is 9.80. The van der Waals surface area contributed by atoms with Crippen molar-refractivity contribution in [2.24, 2.45) is 11.8 Å². The van der Waals surface area contributed by atoms with Crippen LogP contribution in [0, 0.1) is 11.8 Å². The summed E-state index contributed by atoms with van der Waals surface area (Å²) in [5.74, 6) is 0.739. The summed E-state index contributed by atoms with van der Waals surface area (Å²) in [5.41, 5.74) is 2.93. The summed E-state index contributed by atoms with van der Waals surface area (Å²) in [6, 6.07) is 13.4. The number of hydrogen-bond donors (Lipinski definition) is 0. The van der Waals surface area contributed by atoms with Gasteiger partial charge in [0.25, 0.3) is 10.0 Å². The molecule has 0 N–H and O–H groups in total. The Kier molecular flexibility index (Phi) is 7.94. The molecule has 1 aliphatic rings. The lowest BCUT2D eigenvalue weighted by atomic mass is 10.0. The van der Waals surface area contributed by atoms with Crippen molar-refractivity contribution in [2.75, 3.05) is 24.1 Å². The summed E-state index contributed by atoms with van der Waals surface area (Å²) < 4.78 is 36.6. The van der Waals surface area contributed by atoms with E-state index in [1.54, 1.807) is 22.6 Å². The van der Waals surface area contributed by atoms with E-state index in [1.807, 2.05) is 36.7 Å². The molecule has 7 heteroatoms. The first-order valence-electron chi connectivity index (χ1n) is 12.5. The maximum Gasteiger partial charge on any atom is 0.264 e. The smallest absolute Gasteiger partial charge is 0.264 e. The molecule has 34 heavy (non-hydrogen) atoms. The van der Waals surface area contributed by atoms with Gasteiger partial charge in [-0.25, -0.2) is 8.42 Å². The number of unbranched alkanes of at least 4 members (excludes halogenated alkanes) is 1. The van der Waals surface area contributed by atoms with Crippen LogP contribution in [0.2, 0.25) is 0 Å². The van der Waals surface area contributed by atoms with E-state index in [0.29, 0.717) is 23.0 Å². The van der Waals surface area contributed by atoms with Crippen molar-refractivity contribution in [1.82, 2.24) is 9.78 Å². The molecule has 0 aliphatic carbocycles. The lowest BCUT2D eigenvalue weighted by molar-refractivity contribution is 0.0605. The molecule has 1 saturated heterocycles. The third-order valence-electron chi connectivity index (χ3n) is 6.55. The number of anilines is 1. The molecule has 1 fully saturated rings. The van der Waals surface area contributed by atoms with Crippen LogP contribution in [0.5, 0.6) is 0 Å². The van der Waals surface area contributed by atoms with E-state index in [1.165, 1.54) is 5.56 Å². The average molecular weight is 484 g/mol. The molecule has 2 heterocycles. The first-order chi connectivity index (χ1) is 16.4. The van der Waals surface area contributed by atoms with Crippen LogP contribution in [0.1, 0.15) is 52.0 Å². The van der Waals surface area contributed by atoms with Crippen molar-refractivity contribution < 1.29 is 13.2 Å². The van der Waals surface area contributed by atoms with E-state index in [-0.39, 0.29) is 5.92 Å². The topological polar surface area (TPSA) is 64.4 Å². The highest BCUT2D eigenvalue weighted by molar-refractivity contribution is 7.92. The minimum Gasteiger partial charge on any atom is -0.381 e. The van der Waals surface area contributed by atoms with E-state index in [0.717, 1.165) is 62.8 Å². The van der Waals surface area contributed by atoms with Crippen LogP contribution in [0.25, 0.3) is 10.9 Å². The van der Waals surface area contributed by atoms with Gasteiger partial charge < -0.3 is 4.74 Å². The van der Waals surface area contributed by atoms with Crippen molar-refractivity contribution in [2.45, 2.75) is 64.3 Å². The molecule has 0 spiro atoms. The zero-order chi connectivity index (χ0) is 24.1. The maximum absolute atomic E-state index is 13.8. The molecule has 4 rings (SSSR count). The third-order valence-corrected chi connectivity index (χ3v) is 8.34. The standard InChI is InChI=1S/C27H37N3O3S/c1-4-5-6-22-7-9-25(10-8-22)30(19-21(2)3)34(31,32)26-11-12-27-24(17-26)18-28-29(27)20-23-13-15-33-16-14-23/h7-12,17-18,21,23H,4-6,13-16,19-20H2,1-3H3. The van der Waals surface area contributed by atoms with Crippen LogP contribution in [0.4, 0.5) is 5.69 Å². The Balaban J connectivity index is 1.61. The highest BCUT2D eigenvalue weighted by Gasteiger charge is 2.26. The Bertz CT molecular complexity index is 1180. The second-order valence-corrected chi connectivity index (χ2v) is 11.7. The molecule has 3 aromatic rings. The molecule has 2 aromatic carbocycles. The predicted molar refractivity (Wildman–Crippen MR) is 138 cm³/mol. The van der Waals surface area contributed by atoms with Gasteiger partial charge in [-0.3, -0.25) is 8.99 Å². The Morgan fingerprint density at radius 3 is 2.53 bits per heavy atom. The number of benzene rings is 2. The Morgan fingerprint density at radius 1 is 1.12 bits per heavy atom. The number of rotatable bonds is 10. The van der Waals surface area contributed by atoms with Gasteiger partial charge in [0.05, 0.1) is 22.3 Å². The summed E-state index contributed by atoms with van der Waals surface area (Å²) in [5, 5.41) is 5.42. The summed E-state index contributed by atoms with van der Waals surface area (Å²) >= 11 is 0. The van der Waals surface area contributed by atoms with Gasteiger partial charge in [0, 0.05) is 31.7 Å². The van der Waals surface area contributed by atoms with Crippen molar-refractivity contribution in [3.05, 3.63) is 54.2 Å². The third kappa shape index (κ3) is 5.63. The molecule has 0 atom stereocenters. The van der Waals surface area contributed by atoms with Gasteiger partial charge in [0.15, 0.2) is 0 Å². The molecular weight excluding hydrogens is 446 g/mol. The molecule has 184 valence electrons. The van der Waals surface area contributed by atoms with Crippen LogP contribution in [0.15, 0.2) is 53.6 Å². The summed E-state index contributed by atoms with van der Waals surface area (Å²) in [6.45, 7) is 9.13. The van der Waals surface area contributed by atoms with Gasteiger partial charge in [0.2, 0.25) is 0 Å². The minimum absolute atomic E-state index is 0.195. The monoisotopic (exact) mass is 483 g/mol. The quantitative estimate of drug-likeness (QED) is 0.373. The SMILES string of the molecule is CCCCc1ccc(N(CC(C)C)S(=O)(=O)c2ccc3c(cnn3CC3CCOCC3)c2)cc1. The van der Waals surface area contributed by atoms with Gasteiger partial charge in [-0.2, -0.15) is 5.10 Å². The molecule has 0 amide bonds. The molecule has 1 aliphatic heterocycles. The summed E-state index contributed by atoms with van der Waals surface area (Å²) in [7, 11) is -3.71. The number of aromatic nitrogens is 2. The molecule has 0 radical (unpaired) electrons. The molecule has 6 nitrogen and oxygen atoms in total. The maximum atomic E-state index is 13.8. The van der Waals surface area contributed by atoms with E-state index >= 15 is 0 Å². The number of sulfonamides is 1. The second kappa shape index (κ2) is 10.9. The lowest BCUT2D eigenvalue weighted by Crippen LogP contribution is -2.34.